The zero-order valence-electron chi connectivity index (χ0n) is 8.42. The molecule has 0 radical (unpaired) electrons. The first-order valence-electron chi connectivity index (χ1n) is 4.67. The Morgan fingerprint density at radius 3 is 2.62 bits per heavy atom. The van der Waals surface area contributed by atoms with Crippen molar-refractivity contribution in [1.29, 1.82) is 5.26 Å². The van der Waals surface area contributed by atoms with Gasteiger partial charge < -0.3 is 10.2 Å². The Morgan fingerprint density at radius 1 is 1.31 bits per heavy atom. The summed E-state index contributed by atoms with van der Waals surface area (Å²) < 4.78 is 5.15. The zero-order chi connectivity index (χ0) is 11.4. The molecule has 0 aliphatic rings. The van der Waals surface area contributed by atoms with Gasteiger partial charge in [-0.2, -0.15) is 5.26 Å². The fraction of sp³-hybridized carbons (Fsp3) is 0. The summed E-state index contributed by atoms with van der Waals surface area (Å²) in [4.78, 5) is 3.89. The number of hydrogen-bond acceptors (Lipinski definition) is 4. The van der Waals surface area contributed by atoms with Gasteiger partial charge in [-0.05, 0) is 29.8 Å². The molecular weight excluding hydrogens is 202 g/mol. The molecule has 2 N–H and O–H groups in total. The van der Waals surface area contributed by atoms with Crippen LogP contribution in [0.2, 0.25) is 0 Å². The van der Waals surface area contributed by atoms with Crippen LogP contribution in [0.15, 0.2) is 47.3 Å². The number of nitriles is 1. The molecule has 0 bridgehead atoms. The molecule has 4 nitrogen and oxygen atoms in total. The van der Waals surface area contributed by atoms with E-state index in [1.165, 1.54) is 6.26 Å². The lowest BCUT2D eigenvalue weighted by atomic mass is 10.1. The molecule has 0 amide bonds. The first-order valence-corrected chi connectivity index (χ1v) is 4.67. The maximum Gasteiger partial charge on any atom is 0.150 e. The van der Waals surface area contributed by atoms with E-state index in [4.69, 9.17) is 15.4 Å². The quantitative estimate of drug-likeness (QED) is 0.771. The summed E-state index contributed by atoms with van der Waals surface area (Å²) in [6.45, 7) is 0. The fourth-order valence-corrected chi connectivity index (χ4v) is 1.35. The predicted octanol–water partition coefficient (Wildman–Crippen LogP) is 2.03. The SMILES string of the molecule is N#C/C(=C(/N)c1ccco1)c1ccncc1. The zero-order valence-corrected chi connectivity index (χ0v) is 8.42. The number of hydrogen-bond donors (Lipinski definition) is 1. The molecule has 2 heterocycles. The van der Waals surface area contributed by atoms with Gasteiger partial charge in [0.2, 0.25) is 0 Å². The molecule has 4 heteroatoms. The van der Waals surface area contributed by atoms with Crippen molar-refractivity contribution < 1.29 is 4.42 Å². The highest BCUT2D eigenvalue weighted by Gasteiger charge is 2.09. The minimum atomic E-state index is 0.332. The largest absolute Gasteiger partial charge is 0.463 e. The highest BCUT2D eigenvalue weighted by atomic mass is 16.3. The van der Waals surface area contributed by atoms with E-state index in [1.54, 1.807) is 36.7 Å². The van der Waals surface area contributed by atoms with Gasteiger partial charge in [0.15, 0.2) is 5.76 Å². The number of rotatable bonds is 2. The lowest BCUT2D eigenvalue weighted by Gasteiger charge is -2.02. The Labute approximate surface area is 92.6 Å². The maximum atomic E-state index is 9.10. The Kier molecular flexibility index (Phi) is 2.70. The van der Waals surface area contributed by atoms with Crippen molar-refractivity contribution in [2.75, 3.05) is 0 Å². The molecule has 0 saturated heterocycles. The van der Waals surface area contributed by atoms with Crippen LogP contribution in [0.25, 0.3) is 11.3 Å². The first-order chi connectivity index (χ1) is 7.83. The lowest BCUT2D eigenvalue weighted by Crippen LogP contribution is -1.99. The summed E-state index contributed by atoms with van der Waals surface area (Å²) in [5.74, 6) is 0.494. The molecule has 0 atom stereocenters. The minimum absolute atomic E-state index is 0.332. The van der Waals surface area contributed by atoms with Gasteiger partial charge in [-0.15, -0.1) is 0 Å². The van der Waals surface area contributed by atoms with Crippen LogP contribution >= 0.6 is 0 Å². The molecule has 0 saturated carbocycles. The lowest BCUT2D eigenvalue weighted by molar-refractivity contribution is 0.552. The molecule has 2 rings (SSSR count). The number of nitrogens with zero attached hydrogens (tertiary/aromatic N) is 2. The normalized spacial score (nSPS) is 11.7. The molecule has 0 fully saturated rings. The van der Waals surface area contributed by atoms with E-state index in [-0.39, 0.29) is 0 Å². The summed E-state index contributed by atoms with van der Waals surface area (Å²) >= 11 is 0. The van der Waals surface area contributed by atoms with Crippen molar-refractivity contribution in [3.63, 3.8) is 0 Å². The van der Waals surface area contributed by atoms with Crippen LogP contribution in [0, 0.1) is 11.3 Å². The molecule has 78 valence electrons. The molecular formula is C12H9N3O. The maximum absolute atomic E-state index is 9.10. The fourth-order valence-electron chi connectivity index (χ4n) is 1.35. The number of pyridine rings is 1. The van der Waals surface area contributed by atoms with E-state index in [9.17, 15) is 0 Å². The predicted molar refractivity (Wildman–Crippen MR) is 59.6 cm³/mol. The Morgan fingerprint density at radius 2 is 2.06 bits per heavy atom. The van der Waals surface area contributed by atoms with E-state index >= 15 is 0 Å². The third-order valence-corrected chi connectivity index (χ3v) is 2.14. The summed E-state index contributed by atoms with van der Waals surface area (Å²) in [6.07, 6.45) is 4.74. The van der Waals surface area contributed by atoms with Crippen LogP contribution in [0.3, 0.4) is 0 Å². The summed E-state index contributed by atoms with van der Waals surface area (Å²) in [5.41, 5.74) is 7.32. The average Bonchev–Trinajstić information content (AvgIpc) is 2.85. The van der Waals surface area contributed by atoms with Gasteiger partial charge in [0.05, 0.1) is 17.5 Å². The van der Waals surface area contributed by atoms with Gasteiger partial charge in [0, 0.05) is 12.4 Å². The molecule has 0 aromatic carbocycles. The number of nitrogens with two attached hydrogens (primary N) is 1. The van der Waals surface area contributed by atoms with Gasteiger partial charge in [0.1, 0.15) is 6.07 Å². The van der Waals surface area contributed by atoms with Crippen LogP contribution in [-0.4, -0.2) is 4.98 Å². The van der Waals surface area contributed by atoms with Gasteiger partial charge in [0.25, 0.3) is 0 Å². The van der Waals surface area contributed by atoms with Crippen molar-refractivity contribution in [3.8, 4) is 6.07 Å². The third-order valence-electron chi connectivity index (χ3n) is 2.14. The van der Waals surface area contributed by atoms with Gasteiger partial charge in [-0.1, -0.05) is 0 Å². The monoisotopic (exact) mass is 211 g/mol. The summed E-state index contributed by atoms with van der Waals surface area (Å²) in [6, 6.07) is 8.98. The van der Waals surface area contributed by atoms with Crippen molar-refractivity contribution in [2.45, 2.75) is 0 Å². The summed E-state index contributed by atoms with van der Waals surface area (Å²) in [7, 11) is 0. The van der Waals surface area contributed by atoms with E-state index in [1.807, 2.05) is 0 Å². The average molecular weight is 211 g/mol. The molecule has 0 unspecified atom stereocenters. The second-order valence-electron chi connectivity index (χ2n) is 3.11. The molecule has 0 aliphatic heterocycles. The number of allylic oxidation sites excluding steroid dienone is 1. The molecule has 0 aliphatic carbocycles. The number of furan rings is 1. The highest BCUT2D eigenvalue weighted by Crippen LogP contribution is 2.21. The van der Waals surface area contributed by atoms with Crippen LogP contribution in [0.4, 0.5) is 0 Å². The second kappa shape index (κ2) is 4.32. The Balaban J connectivity index is 2.52. The Bertz CT molecular complexity index is 535. The van der Waals surface area contributed by atoms with Crippen LogP contribution in [0.5, 0.6) is 0 Å². The van der Waals surface area contributed by atoms with E-state index in [2.05, 4.69) is 11.1 Å². The van der Waals surface area contributed by atoms with Crippen LogP contribution in [-0.2, 0) is 0 Å². The third kappa shape index (κ3) is 1.79. The molecule has 0 spiro atoms. The van der Waals surface area contributed by atoms with Crippen molar-refractivity contribution >= 4 is 11.3 Å². The van der Waals surface area contributed by atoms with Gasteiger partial charge in [-0.25, -0.2) is 0 Å². The van der Waals surface area contributed by atoms with Crippen LogP contribution < -0.4 is 5.73 Å². The minimum Gasteiger partial charge on any atom is -0.463 e. The number of aromatic nitrogens is 1. The van der Waals surface area contributed by atoms with Crippen molar-refractivity contribution in [1.82, 2.24) is 4.98 Å². The molecule has 2 aromatic heterocycles. The molecule has 2 aromatic rings. The van der Waals surface area contributed by atoms with Gasteiger partial charge in [-0.3, -0.25) is 4.98 Å². The van der Waals surface area contributed by atoms with Crippen molar-refractivity contribution in [3.05, 3.63) is 54.2 Å². The second-order valence-corrected chi connectivity index (χ2v) is 3.11. The Hall–Kier alpha value is -2.54. The van der Waals surface area contributed by atoms with E-state index in [0.717, 1.165) is 5.56 Å². The van der Waals surface area contributed by atoms with Gasteiger partial charge >= 0.3 is 0 Å². The standard InChI is InChI=1S/C12H9N3O/c13-8-10(9-3-5-15-6-4-9)12(14)11-2-1-7-16-11/h1-7H,14H2/b12-10-. The topological polar surface area (TPSA) is 75.8 Å². The first kappa shape index (κ1) is 9.99. The molecule has 16 heavy (non-hydrogen) atoms. The smallest absolute Gasteiger partial charge is 0.150 e. The van der Waals surface area contributed by atoms with E-state index < -0.39 is 0 Å². The van der Waals surface area contributed by atoms with Crippen LogP contribution in [0.1, 0.15) is 11.3 Å². The highest BCUT2D eigenvalue weighted by molar-refractivity contribution is 5.94. The summed E-state index contributed by atoms with van der Waals surface area (Å²) in [5, 5.41) is 9.10. The van der Waals surface area contributed by atoms with Crippen molar-refractivity contribution in [2.24, 2.45) is 5.73 Å². The van der Waals surface area contributed by atoms with E-state index in [0.29, 0.717) is 17.0 Å².